The lowest BCUT2D eigenvalue weighted by molar-refractivity contribution is -0.186. The Kier molecular flexibility index (Phi) is 10.5. The summed E-state index contributed by atoms with van der Waals surface area (Å²) in [7, 11) is 5.39. The predicted octanol–water partition coefficient (Wildman–Crippen LogP) is 4.09. The minimum atomic E-state index is -1.19. The van der Waals surface area contributed by atoms with Crippen LogP contribution >= 0.6 is 21.6 Å². The second kappa shape index (κ2) is 15.1. The van der Waals surface area contributed by atoms with E-state index in [2.05, 4.69) is 16.7 Å². The van der Waals surface area contributed by atoms with Gasteiger partial charge in [-0.1, -0.05) is 39.3 Å². The number of aryl methyl sites for hydroxylation is 1. The Labute approximate surface area is 334 Å². The molecular formula is C42H50N4O8S2. The third kappa shape index (κ3) is 6.40. The summed E-state index contributed by atoms with van der Waals surface area (Å²) in [4.78, 5) is 55.5. The molecule has 2 aliphatic carbocycles. The summed E-state index contributed by atoms with van der Waals surface area (Å²) < 4.78 is 19.7. The highest BCUT2D eigenvalue weighted by Gasteiger charge is 2.64. The first-order valence-corrected chi connectivity index (χ1v) is 21.9. The van der Waals surface area contributed by atoms with Crippen molar-refractivity contribution < 1.29 is 33.4 Å². The average molecular weight is 803 g/mol. The number of nitrogens with zero attached hydrogens (tertiary/aromatic N) is 1. The topological polar surface area (TPSA) is 173 Å². The number of nitrogens with one attached hydrogen (secondary N) is 2. The number of aliphatic hydroxyl groups excluding tert-OH is 1. The summed E-state index contributed by atoms with van der Waals surface area (Å²) in [5.41, 5.74) is 8.79. The van der Waals surface area contributed by atoms with E-state index in [0.717, 1.165) is 34.0 Å². The molecule has 1 spiro atoms. The molecule has 12 nitrogen and oxygen atoms in total. The van der Waals surface area contributed by atoms with Gasteiger partial charge < -0.3 is 45.1 Å². The molecule has 6 aliphatic rings. The van der Waals surface area contributed by atoms with E-state index < -0.39 is 28.7 Å². The highest BCUT2D eigenvalue weighted by atomic mass is 33.1. The molecule has 1 saturated carbocycles. The monoisotopic (exact) mass is 802 g/mol. The van der Waals surface area contributed by atoms with E-state index in [9.17, 15) is 24.3 Å². The van der Waals surface area contributed by atoms with Gasteiger partial charge in [0, 0.05) is 84.0 Å². The molecule has 14 heteroatoms. The van der Waals surface area contributed by atoms with E-state index in [1.807, 2.05) is 37.1 Å². The van der Waals surface area contributed by atoms with Crippen LogP contribution in [0.5, 0.6) is 5.75 Å². The van der Waals surface area contributed by atoms with E-state index in [1.54, 1.807) is 47.6 Å². The smallest absolute Gasteiger partial charge is 0.339 e. The summed E-state index contributed by atoms with van der Waals surface area (Å²) in [5, 5.41) is 16.9. The maximum Gasteiger partial charge on any atom is 0.339 e. The second-order valence-electron chi connectivity index (χ2n) is 16.2. The molecule has 0 bridgehead atoms. The third-order valence-electron chi connectivity index (χ3n) is 13.1. The molecule has 5 heterocycles. The largest absolute Gasteiger partial charge is 0.481 e. The number of ether oxygens (including phenoxy) is 2. The zero-order valence-corrected chi connectivity index (χ0v) is 33.9. The van der Waals surface area contributed by atoms with Crippen LogP contribution in [0, 0.1) is 17.8 Å². The highest BCUT2D eigenvalue weighted by molar-refractivity contribution is 8.77. The minimum Gasteiger partial charge on any atom is -0.481 e. The number of dihydropyridines is 1. The Hall–Kier alpha value is -3.98. The van der Waals surface area contributed by atoms with Crippen molar-refractivity contribution in [3.05, 3.63) is 86.1 Å². The average Bonchev–Trinajstić information content (AvgIpc) is 3.53. The summed E-state index contributed by atoms with van der Waals surface area (Å²) in [6.45, 7) is 6.39. The summed E-state index contributed by atoms with van der Waals surface area (Å²) >= 11 is 0. The van der Waals surface area contributed by atoms with Crippen LogP contribution in [0.25, 0.3) is 11.0 Å². The Morgan fingerprint density at radius 3 is 2.84 bits per heavy atom. The van der Waals surface area contributed by atoms with Gasteiger partial charge in [-0.3, -0.25) is 4.79 Å². The summed E-state index contributed by atoms with van der Waals surface area (Å²) in [6, 6.07) is 5.62. The molecule has 1 amide bonds. The molecule has 1 aromatic heterocycles. The fraction of sp³-hybridized carbons (Fsp3) is 0.524. The lowest BCUT2D eigenvalue weighted by Crippen LogP contribution is -2.71. The zero-order chi connectivity index (χ0) is 39.5. The number of aldehydes is 1. The number of hydrogen-bond acceptors (Lipinski definition) is 13. The van der Waals surface area contributed by atoms with Crippen molar-refractivity contribution in [2.24, 2.45) is 23.5 Å². The first kappa shape index (κ1) is 38.9. The molecule has 2 aromatic rings. The van der Waals surface area contributed by atoms with E-state index >= 15 is 0 Å². The van der Waals surface area contributed by atoms with Crippen LogP contribution in [0.2, 0.25) is 0 Å². The Balaban J connectivity index is 1.27. The first-order valence-electron chi connectivity index (χ1n) is 19.5. The van der Waals surface area contributed by atoms with Gasteiger partial charge in [-0.15, -0.1) is 0 Å². The van der Waals surface area contributed by atoms with Crippen molar-refractivity contribution in [3.63, 3.8) is 0 Å². The Bertz CT molecular complexity index is 2160. The van der Waals surface area contributed by atoms with Crippen molar-refractivity contribution >= 4 is 50.7 Å². The number of benzene rings is 1. The number of carbonyl (C=O) groups excluding carboxylic acids is 3. The maximum absolute atomic E-state index is 14.4. The molecule has 0 unspecified atom stereocenters. The van der Waals surface area contributed by atoms with Gasteiger partial charge in [0.25, 0.3) is 0 Å². The maximum atomic E-state index is 14.4. The molecule has 5 N–H and O–H groups in total. The molecule has 2 fully saturated rings. The number of fused-ring (bicyclic) bond motifs is 5. The molecule has 1 aromatic carbocycles. The Morgan fingerprint density at radius 1 is 1.27 bits per heavy atom. The second-order valence-corrected chi connectivity index (χ2v) is 18.8. The quantitative estimate of drug-likeness (QED) is 0.0789. The van der Waals surface area contributed by atoms with E-state index in [0.29, 0.717) is 79.2 Å². The number of esters is 1. The molecule has 298 valence electrons. The molecule has 1 saturated heterocycles. The van der Waals surface area contributed by atoms with E-state index in [4.69, 9.17) is 19.6 Å². The number of carbonyl (C=O) groups is 3. The van der Waals surface area contributed by atoms with Gasteiger partial charge in [0.15, 0.2) is 11.2 Å². The molecule has 4 aliphatic heterocycles. The Morgan fingerprint density at radius 2 is 2.09 bits per heavy atom. The van der Waals surface area contributed by atoms with Crippen molar-refractivity contribution in [3.8, 4) is 5.75 Å². The van der Waals surface area contributed by atoms with Gasteiger partial charge in [-0.25, -0.2) is 9.59 Å². The van der Waals surface area contributed by atoms with Crippen LogP contribution < -0.4 is 26.7 Å². The summed E-state index contributed by atoms with van der Waals surface area (Å²) in [6.07, 6.45) is 9.32. The number of nitrogens with two attached hydrogens (primary N) is 1. The summed E-state index contributed by atoms with van der Waals surface area (Å²) in [5.74, 6) is 0.794. The van der Waals surface area contributed by atoms with Gasteiger partial charge >= 0.3 is 11.6 Å². The predicted molar refractivity (Wildman–Crippen MR) is 217 cm³/mol. The van der Waals surface area contributed by atoms with Gasteiger partial charge in [-0.05, 0) is 82.0 Å². The van der Waals surface area contributed by atoms with Crippen LogP contribution in [0.3, 0.4) is 0 Å². The molecule has 0 radical (unpaired) electrons. The minimum absolute atomic E-state index is 0.0278. The molecule has 8 atom stereocenters. The zero-order valence-electron chi connectivity index (χ0n) is 32.2. The number of hydrogen-bond donors (Lipinski definition) is 4. The van der Waals surface area contributed by atoms with Gasteiger partial charge in [0.2, 0.25) is 5.91 Å². The van der Waals surface area contributed by atoms with Crippen molar-refractivity contribution in [2.75, 3.05) is 32.5 Å². The lowest BCUT2D eigenvalue weighted by atomic mass is 9.61. The van der Waals surface area contributed by atoms with Crippen molar-refractivity contribution in [1.29, 1.82) is 0 Å². The molecule has 56 heavy (non-hydrogen) atoms. The van der Waals surface area contributed by atoms with Crippen LogP contribution in [-0.4, -0.2) is 89.2 Å². The van der Waals surface area contributed by atoms with Crippen LogP contribution in [0.15, 0.2) is 73.8 Å². The lowest BCUT2D eigenvalue weighted by Gasteiger charge is -2.58. The fourth-order valence-corrected chi connectivity index (χ4v) is 13.1. The van der Waals surface area contributed by atoms with E-state index in [1.165, 1.54) is 0 Å². The molecule has 8 rings (SSSR count). The number of rotatable bonds is 7. The highest BCUT2D eigenvalue weighted by Crippen LogP contribution is 2.58. The number of amides is 1. The SMILES string of the molecule is C/C=C(\C)C(=O)O[C@]1(C)CC=C2CSS[C@@H]3C[C@H](C=O)[C@@H](NC)[C@H]4CN(C(=O)CC5=C(C=C(N)NC5)[C@@H]2[C@]12Cc1cc5cc(CCCO)c(=O)oc5cc1O2)[C@H]43. The van der Waals surface area contributed by atoms with Crippen molar-refractivity contribution in [2.45, 2.75) is 87.8 Å². The number of allylic oxidation sites excluding steroid dienone is 2. The van der Waals surface area contributed by atoms with Gasteiger partial charge in [0.05, 0.1) is 24.2 Å². The third-order valence-corrected chi connectivity index (χ3v) is 15.9. The standard InChI is InChI=1S/C42H50N4O8S2/c1-5-22(2)39(50)54-41(3)9-8-24-21-55-56-33-13-28(20-48)37(44-4)30-19-46(38(30)33)35(49)14-27-18-45-34(43)15-29(27)36(24)42(41)17-26-12-25-11-23(7-6-10-47)40(51)52-31(25)16-32(26)53-42/h5,8,11-12,15-16,20,28,30,33,36-38,44-45,47H,6-7,9-10,13-14,17-19,21,43H2,1-4H3/b22-5+/t28-,30-,33-,36-,37-,38-,41-,42-/m1/s1. The first-order chi connectivity index (χ1) is 26.9. The number of aliphatic hydroxyl groups is 1. The van der Waals surface area contributed by atoms with Crippen LogP contribution in [-0.2, 0) is 32.0 Å². The van der Waals surface area contributed by atoms with Crippen LogP contribution in [0.1, 0.15) is 57.6 Å². The van der Waals surface area contributed by atoms with Gasteiger partial charge in [0.1, 0.15) is 17.6 Å². The fourth-order valence-electron chi connectivity index (χ4n) is 9.95. The van der Waals surface area contributed by atoms with Gasteiger partial charge in [-0.2, -0.15) is 0 Å². The normalized spacial score (nSPS) is 32.6. The van der Waals surface area contributed by atoms with Crippen molar-refractivity contribution in [1.82, 2.24) is 15.5 Å². The van der Waals surface area contributed by atoms with E-state index in [-0.39, 0.29) is 48.1 Å². The van der Waals surface area contributed by atoms with Crippen LogP contribution in [0.4, 0.5) is 0 Å². The molecular weight excluding hydrogens is 753 g/mol.